The van der Waals surface area contributed by atoms with Gasteiger partial charge in [-0.3, -0.25) is 4.99 Å². The molecule has 0 amide bonds. The van der Waals surface area contributed by atoms with Crippen molar-refractivity contribution in [2.24, 2.45) is 16.8 Å². The van der Waals surface area contributed by atoms with Crippen LogP contribution in [0.1, 0.15) is 52.0 Å². The van der Waals surface area contributed by atoms with Gasteiger partial charge in [0.15, 0.2) is 5.96 Å². The van der Waals surface area contributed by atoms with E-state index in [1.165, 1.54) is 12.1 Å². The van der Waals surface area contributed by atoms with Gasteiger partial charge >= 0.3 is 0 Å². The van der Waals surface area contributed by atoms with Crippen LogP contribution in [0.25, 0.3) is 0 Å². The molecule has 6 heteroatoms. The second kappa shape index (κ2) is 12.1. The van der Waals surface area contributed by atoms with Crippen LogP contribution in [0, 0.1) is 17.7 Å². The van der Waals surface area contributed by atoms with Gasteiger partial charge in [0.2, 0.25) is 0 Å². The highest BCUT2D eigenvalue weighted by Gasteiger charge is 2.34. The van der Waals surface area contributed by atoms with E-state index in [-0.39, 0.29) is 17.8 Å². The number of hydrogen-bond donors (Lipinski definition) is 3. The fraction of sp³-hybridized carbons (Fsp3) is 0.696. The Balaban J connectivity index is 2.11. The van der Waals surface area contributed by atoms with Crippen LogP contribution in [0.15, 0.2) is 29.3 Å². The van der Waals surface area contributed by atoms with Crippen molar-refractivity contribution in [3.63, 3.8) is 0 Å². The molecule has 164 valence electrons. The molecule has 1 atom stereocenters. The number of nitrogens with one attached hydrogen (secondary N) is 2. The Kier molecular flexibility index (Phi) is 9.88. The smallest absolute Gasteiger partial charge is 0.191 e. The maximum absolute atomic E-state index is 13.4. The van der Waals surface area contributed by atoms with E-state index in [0.29, 0.717) is 31.6 Å². The molecule has 1 aliphatic heterocycles. The fourth-order valence-electron chi connectivity index (χ4n) is 4.07. The van der Waals surface area contributed by atoms with E-state index < -0.39 is 0 Å². The van der Waals surface area contributed by atoms with Gasteiger partial charge in [-0.15, -0.1) is 0 Å². The molecule has 0 saturated carbocycles. The molecule has 1 unspecified atom stereocenters. The third-order valence-electron chi connectivity index (χ3n) is 5.69. The van der Waals surface area contributed by atoms with Gasteiger partial charge in [-0.1, -0.05) is 26.0 Å². The molecule has 1 saturated heterocycles. The SMILES string of the molecule is CCNC(=NCC1(c2ccc(F)cc2)CCOCC1)NCC(CCO)CC(C)C. The zero-order valence-corrected chi connectivity index (χ0v) is 18.2. The lowest BCUT2D eigenvalue weighted by Gasteiger charge is -2.36. The number of aliphatic hydroxyl groups is 1. The average molecular weight is 408 g/mol. The zero-order chi connectivity index (χ0) is 21.1. The number of hydrogen-bond acceptors (Lipinski definition) is 3. The summed E-state index contributed by atoms with van der Waals surface area (Å²) in [6, 6.07) is 6.84. The van der Waals surface area contributed by atoms with Crippen LogP contribution in [0.2, 0.25) is 0 Å². The predicted molar refractivity (Wildman–Crippen MR) is 117 cm³/mol. The fourth-order valence-corrected chi connectivity index (χ4v) is 4.07. The number of aliphatic hydroxyl groups excluding tert-OH is 1. The maximum Gasteiger partial charge on any atom is 0.191 e. The van der Waals surface area contributed by atoms with Crippen LogP contribution >= 0.6 is 0 Å². The summed E-state index contributed by atoms with van der Waals surface area (Å²) in [4.78, 5) is 4.90. The summed E-state index contributed by atoms with van der Waals surface area (Å²) in [7, 11) is 0. The maximum atomic E-state index is 13.4. The Hall–Kier alpha value is -1.66. The number of benzene rings is 1. The Morgan fingerprint density at radius 3 is 2.48 bits per heavy atom. The molecule has 3 N–H and O–H groups in total. The molecule has 0 radical (unpaired) electrons. The van der Waals surface area contributed by atoms with E-state index in [9.17, 15) is 9.50 Å². The van der Waals surface area contributed by atoms with E-state index in [4.69, 9.17) is 9.73 Å². The first-order chi connectivity index (χ1) is 14.0. The third-order valence-corrected chi connectivity index (χ3v) is 5.69. The van der Waals surface area contributed by atoms with Gasteiger partial charge in [0.1, 0.15) is 5.82 Å². The molecule has 1 aliphatic rings. The van der Waals surface area contributed by atoms with E-state index in [2.05, 4.69) is 31.4 Å². The molecular formula is C23H38FN3O2. The number of nitrogens with zero attached hydrogens (tertiary/aromatic N) is 1. The number of guanidine groups is 1. The standard InChI is InChI=1S/C23H38FN3O2/c1-4-25-22(26-16-19(9-12-28)15-18(2)3)27-17-23(10-13-29-14-11-23)20-5-7-21(24)8-6-20/h5-8,18-19,28H,4,9-17H2,1-3H3,(H2,25,26,27). The number of ether oxygens (including phenoxy) is 1. The molecule has 5 nitrogen and oxygen atoms in total. The van der Waals surface area contributed by atoms with Crippen molar-refractivity contribution in [2.75, 3.05) is 39.5 Å². The van der Waals surface area contributed by atoms with Crippen LogP contribution in [-0.4, -0.2) is 50.5 Å². The zero-order valence-electron chi connectivity index (χ0n) is 18.2. The topological polar surface area (TPSA) is 65.9 Å². The summed E-state index contributed by atoms with van der Waals surface area (Å²) < 4.78 is 19.0. The summed E-state index contributed by atoms with van der Waals surface area (Å²) in [5.41, 5.74) is 0.997. The predicted octanol–water partition coefficient (Wildman–Crippen LogP) is 3.47. The number of halogens is 1. The largest absolute Gasteiger partial charge is 0.396 e. The minimum atomic E-state index is -0.213. The summed E-state index contributed by atoms with van der Waals surface area (Å²) >= 11 is 0. The normalized spacial score (nSPS) is 17.9. The second-order valence-electron chi connectivity index (χ2n) is 8.48. The first kappa shape index (κ1) is 23.6. The van der Waals surface area contributed by atoms with Crippen LogP contribution in [0.3, 0.4) is 0 Å². The second-order valence-corrected chi connectivity index (χ2v) is 8.48. The molecule has 1 heterocycles. The van der Waals surface area contributed by atoms with E-state index >= 15 is 0 Å². The van der Waals surface area contributed by atoms with Gasteiger partial charge in [0, 0.05) is 38.3 Å². The van der Waals surface area contributed by atoms with Crippen LogP contribution in [0.4, 0.5) is 4.39 Å². The van der Waals surface area contributed by atoms with E-state index in [0.717, 1.165) is 50.3 Å². The van der Waals surface area contributed by atoms with Crippen molar-refractivity contribution < 1.29 is 14.2 Å². The molecule has 0 aromatic heterocycles. The highest BCUT2D eigenvalue weighted by molar-refractivity contribution is 5.79. The van der Waals surface area contributed by atoms with Crippen LogP contribution in [-0.2, 0) is 10.2 Å². The van der Waals surface area contributed by atoms with Crippen molar-refractivity contribution in [3.05, 3.63) is 35.6 Å². The lowest BCUT2D eigenvalue weighted by atomic mass is 9.74. The van der Waals surface area contributed by atoms with Crippen LogP contribution in [0.5, 0.6) is 0 Å². The van der Waals surface area contributed by atoms with Gasteiger partial charge in [0.25, 0.3) is 0 Å². The summed E-state index contributed by atoms with van der Waals surface area (Å²) in [5, 5.41) is 16.2. The number of rotatable bonds is 10. The Labute approximate surface area is 175 Å². The molecule has 0 spiro atoms. The van der Waals surface area contributed by atoms with Crippen molar-refractivity contribution in [2.45, 2.75) is 51.9 Å². The minimum absolute atomic E-state index is 0.128. The molecule has 0 bridgehead atoms. The lowest BCUT2D eigenvalue weighted by molar-refractivity contribution is 0.0531. The highest BCUT2D eigenvalue weighted by atomic mass is 19.1. The first-order valence-corrected chi connectivity index (χ1v) is 11.0. The molecule has 0 aliphatic carbocycles. The Morgan fingerprint density at radius 2 is 1.90 bits per heavy atom. The lowest BCUT2D eigenvalue weighted by Crippen LogP contribution is -2.42. The van der Waals surface area contributed by atoms with Crippen molar-refractivity contribution in [1.29, 1.82) is 0 Å². The van der Waals surface area contributed by atoms with Crippen molar-refractivity contribution in [3.8, 4) is 0 Å². The van der Waals surface area contributed by atoms with Crippen LogP contribution < -0.4 is 10.6 Å². The summed E-state index contributed by atoms with van der Waals surface area (Å²) in [5.74, 6) is 1.59. The average Bonchev–Trinajstić information content (AvgIpc) is 2.71. The monoisotopic (exact) mass is 407 g/mol. The van der Waals surface area contributed by atoms with Crippen molar-refractivity contribution >= 4 is 5.96 Å². The van der Waals surface area contributed by atoms with E-state index in [1.807, 2.05) is 12.1 Å². The molecule has 2 rings (SSSR count). The van der Waals surface area contributed by atoms with E-state index in [1.54, 1.807) is 0 Å². The number of aliphatic imine (C=N–C) groups is 1. The molecule has 1 aromatic carbocycles. The van der Waals surface area contributed by atoms with Gasteiger partial charge in [-0.25, -0.2) is 4.39 Å². The van der Waals surface area contributed by atoms with Gasteiger partial charge < -0.3 is 20.5 Å². The van der Waals surface area contributed by atoms with Gasteiger partial charge in [-0.05, 0) is 62.1 Å². The molecule has 29 heavy (non-hydrogen) atoms. The Bertz CT molecular complexity index is 613. The summed E-state index contributed by atoms with van der Waals surface area (Å²) in [6.07, 6.45) is 3.62. The molecular weight excluding hydrogens is 369 g/mol. The highest BCUT2D eigenvalue weighted by Crippen LogP contribution is 2.35. The van der Waals surface area contributed by atoms with Gasteiger partial charge in [0.05, 0.1) is 6.54 Å². The first-order valence-electron chi connectivity index (χ1n) is 11.0. The molecule has 1 fully saturated rings. The third kappa shape index (κ3) is 7.59. The Morgan fingerprint density at radius 1 is 1.21 bits per heavy atom. The van der Waals surface area contributed by atoms with Crippen molar-refractivity contribution in [1.82, 2.24) is 10.6 Å². The quantitative estimate of drug-likeness (QED) is 0.410. The summed E-state index contributed by atoms with van der Waals surface area (Å²) in [6.45, 7) is 10.3. The van der Waals surface area contributed by atoms with Gasteiger partial charge in [-0.2, -0.15) is 0 Å². The minimum Gasteiger partial charge on any atom is -0.396 e. The molecule has 1 aromatic rings.